The number of ketones is 2. The predicted octanol–water partition coefficient (Wildman–Crippen LogP) is 1.68. The first-order valence-electron chi connectivity index (χ1n) is 8.42. The van der Waals surface area contributed by atoms with E-state index in [9.17, 15) is 14.4 Å². The number of aromatic nitrogens is 3. The lowest BCUT2D eigenvalue weighted by Crippen LogP contribution is -2.25. The Balaban J connectivity index is 1.52. The molecule has 3 aromatic rings. The van der Waals surface area contributed by atoms with Crippen molar-refractivity contribution >= 4 is 17.5 Å². The van der Waals surface area contributed by atoms with Gasteiger partial charge in [0.2, 0.25) is 17.3 Å². The average Bonchev–Trinajstić information content (AvgIpc) is 3.36. The molecule has 1 aliphatic rings. The van der Waals surface area contributed by atoms with Crippen molar-refractivity contribution in [3.8, 4) is 0 Å². The number of hydrogen-bond acceptors (Lipinski definition) is 7. The highest BCUT2D eigenvalue weighted by Gasteiger charge is 2.41. The molecule has 138 valence electrons. The van der Waals surface area contributed by atoms with Crippen molar-refractivity contribution in [2.45, 2.75) is 26.8 Å². The molecule has 4 rings (SSSR count). The van der Waals surface area contributed by atoms with Crippen LogP contribution >= 0.6 is 0 Å². The molecule has 0 aromatic carbocycles. The number of amides is 1. The van der Waals surface area contributed by atoms with E-state index in [1.165, 1.54) is 0 Å². The summed E-state index contributed by atoms with van der Waals surface area (Å²) in [6.45, 7) is 4.26. The SMILES string of the molecule is Cc1noc2c1C(=O)c1oc(C(=O)NCCCn3ccnc3)c(C)c1C2=O. The molecule has 9 nitrogen and oxygen atoms in total. The Bertz CT molecular complexity index is 1060. The van der Waals surface area contributed by atoms with Crippen molar-refractivity contribution in [1.29, 1.82) is 0 Å². The first-order valence-corrected chi connectivity index (χ1v) is 8.42. The molecular weight excluding hydrogens is 352 g/mol. The van der Waals surface area contributed by atoms with Gasteiger partial charge in [0.15, 0.2) is 11.5 Å². The largest absolute Gasteiger partial charge is 0.446 e. The highest BCUT2D eigenvalue weighted by atomic mass is 16.5. The predicted molar refractivity (Wildman–Crippen MR) is 90.7 cm³/mol. The van der Waals surface area contributed by atoms with Crippen molar-refractivity contribution in [2.24, 2.45) is 0 Å². The van der Waals surface area contributed by atoms with E-state index in [4.69, 9.17) is 8.94 Å². The fourth-order valence-corrected chi connectivity index (χ4v) is 3.15. The molecule has 9 heteroatoms. The quantitative estimate of drug-likeness (QED) is 0.532. The van der Waals surface area contributed by atoms with Gasteiger partial charge < -0.3 is 18.8 Å². The molecule has 0 bridgehead atoms. The van der Waals surface area contributed by atoms with Crippen LogP contribution in [0.25, 0.3) is 0 Å². The second-order valence-electron chi connectivity index (χ2n) is 6.30. The Labute approximate surface area is 153 Å². The number of fused-ring (bicyclic) bond motifs is 2. The van der Waals surface area contributed by atoms with E-state index in [0.717, 1.165) is 0 Å². The number of furan rings is 1. The summed E-state index contributed by atoms with van der Waals surface area (Å²) in [7, 11) is 0. The van der Waals surface area contributed by atoms with Crippen LogP contribution < -0.4 is 5.32 Å². The van der Waals surface area contributed by atoms with E-state index in [2.05, 4.69) is 15.5 Å². The topological polar surface area (TPSA) is 120 Å². The maximum Gasteiger partial charge on any atom is 0.287 e. The summed E-state index contributed by atoms with van der Waals surface area (Å²) >= 11 is 0. The Morgan fingerprint density at radius 3 is 2.70 bits per heavy atom. The van der Waals surface area contributed by atoms with Crippen LogP contribution in [0.4, 0.5) is 0 Å². The molecule has 27 heavy (non-hydrogen) atoms. The molecule has 0 radical (unpaired) electrons. The van der Waals surface area contributed by atoms with Crippen LogP contribution in [0.2, 0.25) is 0 Å². The van der Waals surface area contributed by atoms with Gasteiger partial charge in [-0.25, -0.2) is 4.98 Å². The van der Waals surface area contributed by atoms with Gasteiger partial charge in [-0.2, -0.15) is 0 Å². The Kier molecular flexibility index (Phi) is 3.98. The lowest BCUT2D eigenvalue weighted by atomic mass is 9.90. The molecule has 0 atom stereocenters. The minimum Gasteiger partial charge on any atom is -0.446 e. The van der Waals surface area contributed by atoms with Gasteiger partial charge in [-0.1, -0.05) is 5.16 Å². The Hall–Kier alpha value is -3.49. The molecule has 3 heterocycles. The van der Waals surface area contributed by atoms with Crippen LogP contribution in [-0.2, 0) is 6.54 Å². The van der Waals surface area contributed by atoms with E-state index < -0.39 is 17.5 Å². The van der Waals surface area contributed by atoms with Gasteiger partial charge in [0, 0.05) is 31.0 Å². The molecule has 0 spiro atoms. The van der Waals surface area contributed by atoms with E-state index in [1.54, 1.807) is 26.4 Å². The molecule has 1 aliphatic carbocycles. The van der Waals surface area contributed by atoms with E-state index in [-0.39, 0.29) is 28.4 Å². The second-order valence-corrected chi connectivity index (χ2v) is 6.30. The fraction of sp³-hybridized carbons (Fsp3) is 0.278. The van der Waals surface area contributed by atoms with E-state index >= 15 is 0 Å². The molecule has 0 saturated heterocycles. The molecule has 1 N–H and O–H groups in total. The monoisotopic (exact) mass is 368 g/mol. The highest BCUT2D eigenvalue weighted by Crippen LogP contribution is 2.34. The third-order valence-corrected chi connectivity index (χ3v) is 4.52. The lowest BCUT2D eigenvalue weighted by molar-refractivity contribution is 0.0908. The molecule has 3 aromatic heterocycles. The average molecular weight is 368 g/mol. The number of nitrogens with one attached hydrogen (secondary N) is 1. The van der Waals surface area contributed by atoms with Crippen LogP contribution in [0.5, 0.6) is 0 Å². The standard InChI is InChI=1S/C18H16N4O5/c1-9-11-13(23)17-12(10(2)21-27-17)14(24)16(11)26-15(9)18(25)20-4-3-6-22-7-5-19-8-22/h5,7-8H,3-4,6H2,1-2H3,(H,20,25). The molecular formula is C18H16N4O5. The number of rotatable bonds is 5. The van der Waals surface area contributed by atoms with Gasteiger partial charge >= 0.3 is 0 Å². The first-order chi connectivity index (χ1) is 13.0. The number of carbonyl (C=O) groups is 3. The van der Waals surface area contributed by atoms with Gasteiger partial charge in [0.25, 0.3) is 5.91 Å². The smallest absolute Gasteiger partial charge is 0.287 e. The minimum atomic E-state index is -0.499. The number of aryl methyl sites for hydroxylation is 2. The Morgan fingerprint density at radius 2 is 1.96 bits per heavy atom. The molecule has 1 amide bonds. The van der Waals surface area contributed by atoms with Crippen molar-refractivity contribution < 1.29 is 23.3 Å². The maximum absolute atomic E-state index is 12.6. The van der Waals surface area contributed by atoms with Crippen molar-refractivity contribution in [3.05, 3.63) is 58.4 Å². The normalized spacial score (nSPS) is 12.8. The maximum atomic E-state index is 12.6. The second kappa shape index (κ2) is 6.35. The Morgan fingerprint density at radius 1 is 1.19 bits per heavy atom. The number of nitrogens with zero attached hydrogens (tertiary/aromatic N) is 3. The summed E-state index contributed by atoms with van der Waals surface area (Å²) in [6, 6.07) is 0. The fourth-order valence-electron chi connectivity index (χ4n) is 3.15. The van der Waals surface area contributed by atoms with Gasteiger partial charge in [-0.05, 0) is 20.3 Å². The highest BCUT2D eigenvalue weighted by molar-refractivity contribution is 6.27. The zero-order valence-corrected chi connectivity index (χ0v) is 14.7. The van der Waals surface area contributed by atoms with Crippen molar-refractivity contribution in [2.75, 3.05) is 6.54 Å². The zero-order chi connectivity index (χ0) is 19.1. The van der Waals surface area contributed by atoms with Gasteiger partial charge in [-0.3, -0.25) is 14.4 Å². The summed E-state index contributed by atoms with van der Waals surface area (Å²) in [5.74, 6) is -1.76. The van der Waals surface area contributed by atoms with Crippen LogP contribution in [-0.4, -0.2) is 38.7 Å². The van der Waals surface area contributed by atoms with E-state index in [0.29, 0.717) is 30.8 Å². The molecule has 0 aliphatic heterocycles. The molecule has 0 saturated carbocycles. The molecule has 0 unspecified atom stereocenters. The van der Waals surface area contributed by atoms with Crippen LogP contribution in [0.1, 0.15) is 60.5 Å². The lowest BCUT2D eigenvalue weighted by Gasteiger charge is -2.07. The first kappa shape index (κ1) is 17.0. The summed E-state index contributed by atoms with van der Waals surface area (Å²) in [4.78, 5) is 41.7. The summed E-state index contributed by atoms with van der Waals surface area (Å²) < 4.78 is 12.4. The van der Waals surface area contributed by atoms with Gasteiger partial charge in [0.05, 0.1) is 17.6 Å². The number of hydrogen-bond donors (Lipinski definition) is 1. The van der Waals surface area contributed by atoms with Crippen LogP contribution in [0, 0.1) is 13.8 Å². The summed E-state index contributed by atoms with van der Waals surface area (Å²) in [5.41, 5.74) is 0.782. The van der Waals surface area contributed by atoms with E-state index in [1.807, 2.05) is 10.8 Å². The summed E-state index contributed by atoms with van der Waals surface area (Å²) in [6.07, 6.45) is 5.91. The minimum absolute atomic E-state index is 0.0416. The molecule has 0 fully saturated rings. The van der Waals surface area contributed by atoms with Gasteiger partial charge in [-0.15, -0.1) is 0 Å². The third-order valence-electron chi connectivity index (χ3n) is 4.52. The third kappa shape index (κ3) is 2.67. The van der Waals surface area contributed by atoms with Gasteiger partial charge in [0.1, 0.15) is 5.56 Å². The zero-order valence-electron chi connectivity index (χ0n) is 14.7. The van der Waals surface area contributed by atoms with Crippen LogP contribution in [0.15, 0.2) is 27.7 Å². The number of carbonyl (C=O) groups excluding carboxylic acids is 3. The van der Waals surface area contributed by atoms with Crippen molar-refractivity contribution in [3.63, 3.8) is 0 Å². The number of imidazole rings is 1. The van der Waals surface area contributed by atoms with Crippen LogP contribution in [0.3, 0.4) is 0 Å². The van der Waals surface area contributed by atoms with Crippen molar-refractivity contribution in [1.82, 2.24) is 20.0 Å². The summed E-state index contributed by atoms with van der Waals surface area (Å²) in [5, 5.41) is 6.42.